The van der Waals surface area contributed by atoms with E-state index in [1.54, 1.807) is 24.5 Å². The van der Waals surface area contributed by atoms with Crippen molar-refractivity contribution in [3.8, 4) is 5.69 Å². The molecule has 1 heterocycles. The van der Waals surface area contributed by atoms with Crippen molar-refractivity contribution in [2.24, 2.45) is 5.73 Å². The first-order valence-corrected chi connectivity index (χ1v) is 5.21. The van der Waals surface area contributed by atoms with Gasteiger partial charge in [-0.15, -0.1) is 0 Å². The minimum atomic E-state index is -0.502. The number of nitrogens with two attached hydrogens (primary N) is 2. The van der Waals surface area contributed by atoms with Crippen LogP contribution in [0.5, 0.6) is 0 Å². The zero-order chi connectivity index (χ0) is 12.6. The molecule has 1 aromatic heterocycles. The van der Waals surface area contributed by atoms with E-state index in [0.29, 0.717) is 16.9 Å². The lowest BCUT2D eigenvalue weighted by atomic mass is 10.1. The van der Waals surface area contributed by atoms with Gasteiger partial charge >= 0.3 is 0 Å². The van der Waals surface area contributed by atoms with E-state index in [4.69, 9.17) is 11.5 Å². The Balaban J connectivity index is 2.67. The van der Waals surface area contributed by atoms with Crippen LogP contribution in [-0.2, 0) is 0 Å². The third kappa shape index (κ3) is 1.87. The van der Waals surface area contributed by atoms with Gasteiger partial charge in [-0.2, -0.15) is 0 Å². The van der Waals surface area contributed by atoms with Crippen molar-refractivity contribution in [1.82, 2.24) is 9.55 Å². The highest BCUT2D eigenvalue weighted by molar-refractivity contribution is 5.97. The second-order valence-corrected chi connectivity index (χ2v) is 3.93. The molecule has 0 bridgehead atoms. The van der Waals surface area contributed by atoms with E-state index in [1.165, 1.54) is 0 Å². The van der Waals surface area contributed by atoms with Crippen LogP contribution in [0.4, 0.5) is 5.69 Å². The molecule has 88 valence electrons. The molecule has 0 aliphatic heterocycles. The molecule has 0 aliphatic rings. The van der Waals surface area contributed by atoms with Crippen LogP contribution in [0.3, 0.4) is 0 Å². The van der Waals surface area contributed by atoms with Crippen LogP contribution in [-0.4, -0.2) is 15.5 Å². The molecule has 2 rings (SSSR count). The summed E-state index contributed by atoms with van der Waals surface area (Å²) < 4.78 is 1.83. The highest BCUT2D eigenvalue weighted by atomic mass is 16.1. The van der Waals surface area contributed by atoms with Crippen LogP contribution in [0.2, 0.25) is 0 Å². The molecule has 0 saturated heterocycles. The topological polar surface area (TPSA) is 86.9 Å². The lowest BCUT2D eigenvalue weighted by Crippen LogP contribution is -2.15. The predicted molar refractivity (Wildman–Crippen MR) is 66.0 cm³/mol. The fraction of sp³-hybridized carbons (Fsp3) is 0.167. The van der Waals surface area contributed by atoms with Gasteiger partial charge in [0.2, 0.25) is 0 Å². The summed E-state index contributed by atoms with van der Waals surface area (Å²) in [7, 11) is 0. The molecule has 0 radical (unpaired) electrons. The Bertz CT molecular complexity index is 586. The number of hydrogen-bond acceptors (Lipinski definition) is 3. The Morgan fingerprint density at radius 1 is 1.35 bits per heavy atom. The molecule has 0 unspecified atom stereocenters. The number of aryl methyl sites for hydroxylation is 1. The number of amides is 1. The molecule has 0 atom stereocenters. The molecule has 4 N–H and O–H groups in total. The van der Waals surface area contributed by atoms with Crippen LogP contribution in [0.15, 0.2) is 24.5 Å². The van der Waals surface area contributed by atoms with E-state index < -0.39 is 5.91 Å². The average molecular weight is 230 g/mol. The summed E-state index contributed by atoms with van der Waals surface area (Å²) in [6.45, 7) is 3.84. The summed E-state index contributed by atoms with van der Waals surface area (Å²) in [4.78, 5) is 15.6. The smallest absolute Gasteiger partial charge is 0.250 e. The highest BCUT2D eigenvalue weighted by Crippen LogP contribution is 2.20. The Morgan fingerprint density at radius 3 is 2.59 bits per heavy atom. The maximum absolute atomic E-state index is 11.4. The van der Waals surface area contributed by atoms with E-state index in [1.807, 2.05) is 18.4 Å². The third-order valence-corrected chi connectivity index (χ3v) is 2.80. The molecule has 2 aromatic rings. The number of imidazole rings is 1. The molecule has 5 heteroatoms. The monoisotopic (exact) mass is 230 g/mol. The summed E-state index contributed by atoms with van der Waals surface area (Å²) in [5, 5.41) is 0. The molecule has 1 amide bonds. The summed E-state index contributed by atoms with van der Waals surface area (Å²) in [6, 6.07) is 5.08. The van der Waals surface area contributed by atoms with Crippen molar-refractivity contribution in [3.63, 3.8) is 0 Å². The van der Waals surface area contributed by atoms with E-state index in [-0.39, 0.29) is 0 Å². The number of carbonyl (C=O) groups excluding carboxylic acids is 1. The number of anilines is 1. The van der Waals surface area contributed by atoms with E-state index in [9.17, 15) is 4.79 Å². The maximum atomic E-state index is 11.4. The lowest BCUT2D eigenvalue weighted by Gasteiger charge is -2.10. The van der Waals surface area contributed by atoms with Gasteiger partial charge in [-0.1, -0.05) is 0 Å². The van der Waals surface area contributed by atoms with Crippen molar-refractivity contribution >= 4 is 11.6 Å². The Morgan fingerprint density at radius 2 is 2.06 bits per heavy atom. The molecule has 0 saturated carbocycles. The van der Waals surface area contributed by atoms with Gasteiger partial charge in [0.15, 0.2) is 0 Å². The molecule has 17 heavy (non-hydrogen) atoms. The number of benzene rings is 1. The fourth-order valence-corrected chi connectivity index (χ4v) is 1.70. The standard InChI is InChI=1S/C12H14N4O/c1-7-8(2)16(6-15-7)11-4-3-9(13)5-10(11)12(14)17/h3-6H,13H2,1-2H3,(H2,14,17). The summed E-state index contributed by atoms with van der Waals surface area (Å²) in [6.07, 6.45) is 1.67. The number of aromatic nitrogens is 2. The second kappa shape index (κ2) is 3.93. The van der Waals surface area contributed by atoms with E-state index >= 15 is 0 Å². The molecular formula is C12H14N4O. The van der Waals surface area contributed by atoms with Gasteiger partial charge < -0.3 is 16.0 Å². The SMILES string of the molecule is Cc1ncn(-c2ccc(N)cc2C(N)=O)c1C. The van der Waals surface area contributed by atoms with Crippen molar-refractivity contribution in [1.29, 1.82) is 0 Å². The van der Waals surface area contributed by atoms with E-state index in [2.05, 4.69) is 4.98 Å². The average Bonchev–Trinajstić information content (AvgIpc) is 2.60. The Labute approximate surface area is 99.1 Å². The quantitative estimate of drug-likeness (QED) is 0.759. The predicted octanol–water partition coefficient (Wildman–Crippen LogP) is 1.17. The van der Waals surface area contributed by atoms with Gasteiger partial charge in [0.25, 0.3) is 5.91 Å². The lowest BCUT2D eigenvalue weighted by molar-refractivity contribution is 0.100. The molecule has 0 spiro atoms. The minimum absolute atomic E-state index is 0.394. The largest absolute Gasteiger partial charge is 0.399 e. The van der Waals surface area contributed by atoms with Crippen molar-refractivity contribution < 1.29 is 4.79 Å². The molecule has 0 aliphatic carbocycles. The van der Waals surface area contributed by atoms with Crippen molar-refractivity contribution in [2.75, 3.05) is 5.73 Å². The van der Waals surface area contributed by atoms with Crippen LogP contribution in [0.1, 0.15) is 21.7 Å². The summed E-state index contributed by atoms with van der Waals surface area (Å²) in [5.41, 5.74) is 14.5. The third-order valence-electron chi connectivity index (χ3n) is 2.80. The number of rotatable bonds is 2. The van der Waals surface area contributed by atoms with Crippen LogP contribution in [0, 0.1) is 13.8 Å². The molecule has 0 fully saturated rings. The summed E-state index contributed by atoms with van der Waals surface area (Å²) in [5.74, 6) is -0.502. The Kier molecular flexibility index (Phi) is 2.59. The highest BCUT2D eigenvalue weighted by Gasteiger charge is 2.12. The van der Waals surface area contributed by atoms with Gasteiger partial charge in [-0.25, -0.2) is 4.98 Å². The maximum Gasteiger partial charge on any atom is 0.250 e. The van der Waals surface area contributed by atoms with Gasteiger partial charge in [-0.05, 0) is 32.0 Å². The normalized spacial score (nSPS) is 10.5. The number of nitrogens with zero attached hydrogens (tertiary/aromatic N) is 2. The first-order valence-electron chi connectivity index (χ1n) is 5.21. The first kappa shape index (κ1) is 11.2. The van der Waals surface area contributed by atoms with Gasteiger partial charge in [0, 0.05) is 11.4 Å². The molecular weight excluding hydrogens is 216 g/mol. The van der Waals surface area contributed by atoms with Gasteiger partial charge in [0.1, 0.15) is 0 Å². The molecule has 5 nitrogen and oxygen atoms in total. The van der Waals surface area contributed by atoms with Gasteiger partial charge in [0.05, 0.1) is 23.3 Å². The fourth-order valence-electron chi connectivity index (χ4n) is 1.70. The van der Waals surface area contributed by atoms with E-state index in [0.717, 1.165) is 11.4 Å². The molecule has 1 aromatic carbocycles. The van der Waals surface area contributed by atoms with Crippen LogP contribution < -0.4 is 11.5 Å². The van der Waals surface area contributed by atoms with Crippen molar-refractivity contribution in [3.05, 3.63) is 41.5 Å². The Hall–Kier alpha value is -2.30. The van der Waals surface area contributed by atoms with Crippen LogP contribution in [0.25, 0.3) is 5.69 Å². The second-order valence-electron chi connectivity index (χ2n) is 3.93. The van der Waals surface area contributed by atoms with Crippen molar-refractivity contribution in [2.45, 2.75) is 13.8 Å². The summed E-state index contributed by atoms with van der Waals surface area (Å²) >= 11 is 0. The number of carbonyl (C=O) groups is 1. The zero-order valence-corrected chi connectivity index (χ0v) is 9.77. The van der Waals surface area contributed by atoms with Gasteiger partial charge in [-0.3, -0.25) is 4.79 Å². The van der Waals surface area contributed by atoms with Crippen LogP contribution >= 0.6 is 0 Å². The zero-order valence-electron chi connectivity index (χ0n) is 9.77. The number of primary amides is 1. The number of nitrogen functional groups attached to an aromatic ring is 1. The first-order chi connectivity index (χ1) is 8.00. The minimum Gasteiger partial charge on any atom is -0.399 e. The number of hydrogen-bond donors (Lipinski definition) is 2.